The Morgan fingerprint density at radius 3 is 2.83 bits per heavy atom. The van der Waals surface area contributed by atoms with E-state index in [0.717, 1.165) is 0 Å². The fourth-order valence-electron chi connectivity index (χ4n) is 0.722. The molecular formula is C7H8ClNO2S. The van der Waals surface area contributed by atoms with Crippen molar-refractivity contribution in [3.8, 4) is 0 Å². The van der Waals surface area contributed by atoms with Gasteiger partial charge in [-0.1, -0.05) is 11.6 Å². The average molecular weight is 206 g/mol. The minimum Gasteiger partial charge on any atom is -0.294 e. The minimum atomic E-state index is 0.00560. The Labute approximate surface area is 79.2 Å². The van der Waals surface area contributed by atoms with E-state index < -0.39 is 0 Å². The van der Waals surface area contributed by atoms with Gasteiger partial charge >= 0.3 is 0 Å². The summed E-state index contributed by atoms with van der Waals surface area (Å²) in [6, 6.07) is 1.67. The minimum absolute atomic E-state index is 0.00560. The van der Waals surface area contributed by atoms with Crippen LogP contribution in [0.5, 0.6) is 0 Å². The lowest BCUT2D eigenvalue weighted by molar-refractivity contribution is 0.102. The van der Waals surface area contributed by atoms with E-state index in [2.05, 4.69) is 10.3 Å². The van der Waals surface area contributed by atoms with Crippen molar-refractivity contribution in [2.24, 2.45) is 0 Å². The third-order valence-corrected chi connectivity index (χ3v) is 2.71. The van der Waals surface area contributed by atoms with E-state index >= 15 is 0 Å². The SMILES string of the molecule is CONc1cc(C(C)=O)sc1Cl. The molecule has 0 radical (unpaired) electrons. The molecule has 66 valence electrons. The average Bonchev–Trinajstić information content (AvgIpc) is 2.34. The quantitative estimate of drug-likeness (QED) is 0.609. The van der Waals surface area contributed by atoms with Crippen LogP contribution in [0.25, 0.3) is 0 Å². The van der Waals surface area contributed by atoms with Crippen LogP contribution in [0.4, 0.5) is 5.69 Å². The third kappa shape index (κ3) is 1.97. The maximum atomic E-state index is 10.9. The lowest BCUT2D eigenvalue weighted by Crippen LogP contribution is -1.93. The number of hydrogen-bond donors (Lipinski definition) is 1. The maximum Gasteiger partial charge on any atom is 0.169 e. The Kier molecular flexibility index (Phi) is 3.08. The van der Waals surface area contributed by atoms with Gasteiger partial charge in [0.2, 0.25) is 0 Å². The molecule has 0 spiro atoms. The van der Waals surface area contributed by atoms with E-state index in [-0.39, 0.29) is 5.78 Å². The summed E-state index contributed by atoms with van der Waals surface area (Å²) in [5, 5.41) is 0. The molecule has 0 aliphatic carbocycles. The second-order valence-corrected chi connectivity index (χ2v) is 3.81. The van der Waals surface area contributed by atoms with Crippen LogP contribution in [0.1, 0.15) is 16.6 Å². The molecule has 0 fully saturated rings. The Bertz CT molecular complexity index is 298. The molecule has 0 aromatic carbocycles. The summed E-state index contributed by atoms with van der Waals surface area (Å²) in [5.41, 5.74) is 3.21. The summed E-state index contributed by atoms with van der Waals surface area (Å²) in [7, 11) is 1.49. The summed E-state index contributed by atoms with van der Waals surface area (Å²) in [4.78, 5) is 16.2. The lowest BCUT2D eigenvalue weighted by Gasteiger charge is -1.97. The normalized spacial score (nSPS) is 9.92. The lowest BCUT2D eigenvalue weighted by atomic mass is 10.3. The van der Waals surface area contributed by atoms with Gasteiger partial charge in [-0.3, -0.25) is 15.1 Å². The molecular weight excluding hydrogens is 198 g/mol. The Morgan fingerprint density at radius 2 is 2.42 bits per heavy atom. The number of anilines is 1. The number of hydrogen-bond acceptors (Lipinski definition) is 4. The molecule has 1 aromatic rings. The molecule has 0 aliphatic heterocycles. The van der Waals surface area contributed by atoms with Gasteiger partial charge in [0, 0.05) is 0 Å². The second kappa shape index (κ2) is 3.89. The highest BCUT2D eigenvalue weighted by Gasteiger charge is 2.09. The van der Waals surface area contributed by atoms with E-state index in [9.17, 15) is 4.79 Å². The first-order chi connectivity index (χ1) is 5.65. The number of rotatable bonds is 3. The first-order valence-corrected chi connectivity index (χ1v) is 4.44. The van der Waals surface area contributed by atoms with Gasteiger partial charge in [0.25, 0.3) is 0 Å². The zero-order valence-corrected chi connectivity index (χ0v) is 8.25. The van der Waals surface area contributed by atoms with Crippen molar-refractivity contribution in [2.75, 3.05) is 12.6 Å². The molecule has 0 unspecified atom stereocenters. The molecule has 0 atom stereocenters. The van der Waals surface area contributed by atoms with Crippen LogP contribution in [-0.2, 0) is 4.84 Å². The number of Topliss-reactive ketones (excluding diaryl/α,β-unsaturated/α-hetero) is 1. The van der Waals surface area contributed by atoms with Crippen LogP contribution < -0.4 is 5.48 Å². The zero-order chi connectivity index (χ0) is 9.14. The highest BCUT2D eigenvalue weighted by molar-refractivity contribution is 7.18. The molecule has 0 bridgehead atoms. The van der Waals surface area contributed by atoms with E-state index in [1.165, 1.54) is 25.4 Å². The number of ketones is 1. The van der Waals surface area contributed by atoms with Gasteiger partial charge in [-0.25, -0.2) is 0 Å². The highest BCUT2D eigenvalue weighted by atomic mass is 35.5. The van der Waals surface area contributed by atoms with Gasteiger partial charge in [-0.05, 0) is 13.0 Å². The largest absolute Gasteiger partial charge is 0.294 e. The first-order valence-electron chi connectivity index (χ1n) is 3.24. The third-order valence-electron chi connectivity index (χ3n) is 1.25. The van der Waals surface area contributed by atoms with E-state index in [1.807, 2.05) is 0 Å². The van der Waals surface area contributed by atoms with Gasteiger partial charge in [0.05, 0.1) is 17.7 Å². The molecule has 1 heterocycles. The highest BCUT2D eigenvalue weighted by Crippen LogP contribution is 2.32. The smallest absolute Gasteiger partial charge is 0.169 e. The number of nitrogens with one attached hydrogen (secondary N) is 1. The van der Waals surface area contributed by atoms with Gasteiger partial charge < -0.3 is 0 Å². The van der Waals surface area contributed by atoms with Crippen molar-refractivity contribution in [2.45, 2.75) is 6.92 Å². The summed E-state index contributed by atoms with van der Waals surface area (Å²) in [6.07, 6.45) is 0. The van der Waals surface area contributed by atoms with Crippen LogP contribution in [0.3, 0.4) is 0 Å². The van der Waals surface area contributed by atoms with Gasteiger partial charge in [-0.15, -0.1) is 11.3 Å². The van der Waals surface area contributed by atoms with Gasteiger partial charge in [0.15, 0.2) is 5.78 Å². The number of carbonyl (C=O) groups is 1. The number of carbonyl (C=O) groups excluding carboxylic acids is 1. The van der Waals surface area contributed by atoms with Crippen molar-refractivity contribution >= 4 is 34.4 Å². The van der Waals surface area contributed by atoms with Crippen molar-refractivity contribution in [3.63, 3.8) is 0 Å². The number of thiophene rings is 1. The van der Waals surface area contributed by atoms with E-state index in [4.69, 9.17) is 11.6 Å². The molecule has 0 amide bonds. The molecule has 0 aliphatic rings. The fraction of sp³-hybridized carbons (Fsp3) is 0.286. The molecule has 5 heteroatoms. The first kappa shape index (κ1) is 9.51. The molecule has 1 N–H and O–H groups in total. The zero-order valence-electron chi connectivity index (χ0n) is 6.68. The Hall–Kier alpha value is -0.580. The topological polar surface area (TPSA) is 38.3 Å². The second-order valence-electron chi connectivity index (χ2n) is 2.16. The predicted molar refractivity (Wildman–Crippen MR) is 50.0 cm³/mol. The molecule has 0 saturated heterocycles. The van der Waals surface area contributed by atoms with Crippen LogP contribution in [0, 0.1) is 0 Å². The van der Waals surface area contributed by atoms with E-state index in [1.54, 1.807) is 6.07 Å². The summed E-state index contributed by atoms with van der Waals surface area (Å²) >= 11 is 7.03. The van der Waals surface area contributed by atoms with Crippen LogP contribution in [-0.4, -0.2) is 12.9 Å². The molecule has 0 saturated carbocycles. The molecule has 1 rings (SSSR count). The molecule has 1 aromatic heterocycles. The van der Waals surface area contributed by atoms with Crippen LogP contribution in [0.2, 0.25) is 4.34 Å². The van der Waals surface area contributed by atoms with Gasteiger partial charge in [-0.2, -0.15) is 0 Å². The summed E-state index contributed by atoms with van der Waals surface area (Å²) in [6.45, 7) is 1.50. The predicted octanol–water partition coefficient (Wildman–Crippen LogP) is 2.58. The molecule has 3 nitrogen and oxygen atoms in total. The summed E-state index contributed by atoms with van der Waals surface area (Å²) < 4.78 is 0.530. The van der Waals surface area contributed by atoms with Crippen LogP contribution in [0.15, 0.2) is 6.07 Å². The van der Waals surface area contributed by atoms with Crippen LogP contribution >= 0.6 is 22.9 Å². The standard InChI is InChI=1S/C7H8ClNO2S/c1-4(10)6-3-5(9-11-2)7(8)12-6/h3,9H,1-2H3. The van der Waals surface area contributed by atoms with Gasteiger partial charge in [0.1, 0.15) is 4.34 Å². The molecule has 12 heavy (non-hydrogen) atoms. The Balaban J connectivity index is 2.92. The van der Waals surface area contributed by atoms with Crippen molar-refractivity contribution in [1.29, 1.82) is 0 Å². The van der Waals surface area contributed by atoms with Crippen molar-refractivity contribution in [3.05, 3.63) is 15.3 Å². The fourth-order valence-corrected chi connectivity index (χ4v) is 1.79. The number of halogens is 1. The monoisotopic (exact) mass is 205 g/mol. The van der Waals surface area contributed by atoms with Crippen molar-refractivity contribution < 1.29 is 9.63 Å². The Morgan fingerprint density at radius 1 is 1.75 bits per heavy atom. The van der Waals surface area contributed by atoms with Crippen molar-refractivity contribution in [1.82, 2.24) is 0 Å². The summed E-state index contributed by atoms with van der Waals surface area (Å²) in [5.74, 6) is 0.00560. The van der Waals surface area contributed by atoms with E-state index in [0.29, 0.717) is 14.9 Å². The maximum absolute atomic E-state index is 10.9.